The molecule has 1 aromatic carbocycles. The van der Waals surface area contributed by atoms with Gasteiger partial charge in [-0.05, 0) is 50.0 Å². The topological polar surface area (TPSA) is 86.3 Å². The Hall–Kier alpha value is -1.84. The summed E-state index contributed by atoms with van der Waals surface area (Å²) < 4.78 is 30.7. The molecule has 0 aliphatic carbocycles. The van der Waals surface area contributed by atoms with E-state index in [2.05, 4.69) is 32.7 Å². The molecule has 1 atom stereocenters. The highest BCUT2D eigenvalue weighted by Crippen LogP contribution is 2.25. The molecule has 0 bridgehead atoms. The Morgan fingerprint density at radius 3 is 2.43 bits per heavy atom. The highest BCUT2D eigenvalue weighted by molar-refractivity contribution is 7.89. The molecule has 8 nitrogen and oxygen atoms in total. The number of nitrogens with zero attached hydrogens (tertiary/aromatic N) is 3. The number of likely N-dealkylation sites (tertiary alicyclic amines) is 1. The third-order valence-corrected chi connectivity index (χ3v) is 7.83. The number of hydrogen-bond acceptors (Lipinski definition) is 5. The second-order valence-corrected chi connectivity index (χ2v) is 9.92. The van der Waals surface area contributed by atoms with Gasteiger partial charge in [-0.1, -0.05) is 18.6 Å². The number of guanidine groups is 1. The Morgan fingerprint density at radius 2 is 1.83 bits per heavy atom. The molecule has 2 saturated heterocycles. The van der Waals surface area contributed by atoms with Gasteiger partial charge in [-0.25, -0.2) is 12.7 Å². The summed E-state index contributed by atoms with van der Waals surface area (Å²) in [5.74, 6) is 1.82. The summed E-state index contributed by atoms with van der Waals surface area (Å²) in [7, 11) is 0.366. The maximum Gasteiger partial charge on any atom is 0.214 e. The van der Waals surface area contributed by atoms with E-state index < -0.39 is 10.0 Å². The molecule has 0 amide bonds. The Kier molecular flexibility index (Phi) is 8.35. The zero-order valence-corrected chi connectivity index (χ0v) is 19.0. The van der Waals surface area contributed by atoms with Gasteiger partial charge in [0.1, 0.15) is 5.75 Å². The van der Waals surface area contributed by atoms with Crippen LogP contribution in [0.3, 0.4) is 0 Å². The van der Waals surface area contributed by atoms with Crippen molar-refractivity contribution in [3.63, 3.8) is 0 Å². The minimum Gasteiger partial charge on any atom is -0.497 e. The minimum absolute atomic E-state index is 0.244. The van der Waals surface area contributed by atoms with Crippen molar-refractivity contribution in [2.24, 2.45) is 4.99 Å². The predicted molar refractivity (Wildman–Crippen MR) is 121 cm³/mol. The molecule has 2 N–H and O–H groups in total. The third kappa shape index (κ3) is 6.09. The van der Waals surface area contributed by atoms with E-state index in [1.54, 1.807) is 18.5 Å². The monoisotopic (exact) mass is 437 g/mol. The average molecular weight is 438 g/mol. The lowest BCUT2D eigenvalue weighted by Gasteiger charge is -2.35. The second kappa shape index (κ2) is 11.0. The predicted octanol–water partition coefficient (Wildman–Crippen LogP) is 1.42. The Labute approximate surface area is 180 Å². The maximum absolute atomic E-state index is 11.9. The second-order valence-electron chi connectivity index (χ2n) is 7.83. The zero-order valence-electron chi connectivity index (χ0n) is 18.1. The van der Waals surface area contributed by atoms with Gasteiger partial charge in [0.15, 0.2) is 5.96 Å². The quantitative estimate of drug-likeness (QED) is 0.473. The normalized spacial score (nSPS) is 21.3. The van der Waals surface area contributed by atoms with Crippen LogP contribution in [0.25, 0.3) is 0 Å². The van der Waals surface area contributed by atoms with E-state index in [1.807, 2.05) is 12.1 Å². The van der Waals surface area contributed by atoms with E-state index in [0.717, 1.165) is 25.4 Å². The molecule has 168 valence electrons. The SMILES string of the molecule is CN=C(NCCN1CCCS1(=O)=O)NCC(c1ccc(OC)cc1)N1CCCCC1. The summed E-state index contributed by atoms with van der Waals surface area (Å²) in [6, 6.07) is 8.53. The fraction of sp³-hybridized carbons (Fsp3) is 0.667. The maximum atomic E-state index is 11.9. The van der Waals surface area contributed by atoms with Gasteiger partial charge in [0.2, 0.25) is 10.0 Å². The largest absolute Gasteiger partial charge is 0.497 e. The Bertz CT molecular complexity index is 791. The number of piperidine rings is 1. The first-order valence-corrected chi connectivity index (χ1v) is 12.4. The van der Waals surface area contributed by atoms with E-state index in [4.69, 9.17) is 4.74 Å². The van der Waals surface area contributed by atoms with Crippen LogP contribution < -0.4 is 15.4 Å². The number of methoxy groups -OCH3 is 1. The molecule has 30 heavy (non-hydrogen) atoms. The third-order valence-electron chi connectivity index (χ3n) is 5.88. The van der Waals surface area contributed by atoms with Crippen molar-refractivity contribution in [1.29, 1.82) is 0 Å². The molecule has 0 radical (unpaired) electrons. The molecule has 0 aromatic heterocycles. The van der Waals surface area contributed by atoms with Gasteiger partial charge in [-0.15, -0.1) is 0 Å². The van der Waals surface area contributed by atoms with Crippen LogP contribution in [-0.4, -0.2) is 82.8 Å². The molecule has 1 unspecified atom stereocenters. The fourth-order valence-corrected chi connectivity index (χ4v) is 5.70. The highest BCUT2D eigenvalue weighted by atomic mass is 32.2. The van der Waals surface area contributed by atoms with Gasteiger partial charge in [0.05, 0.1) is 18.9 Å². The van der Waals surface area contributed by atoms with Crippen molar-refractivity contribution in [2.45, 2.75) is 31.7 Å². The number of ether oxygens (including phenoxy) is 1. The molecule has 3 rings (SSSR count). The van der Waals surface area contributed by atoms with E-state index in [-0.39, 0.29) is 11.8 Å². The van der Waals surface area contributed by atoms with Crippen LogP contribution in [-0.2, 0) is 10.0 Å². The molecule has 2 heterocycles. The van der Waals surface area contributed by atoms with Gasteiger partial charge in [0.25, 0.3) is 0 Å². The van der Waals surface area contributed by atoms with Gasteiger partial charge >= 0.3 is 0 Å². The van der Waals surface area contributed by atoms with Crippen LogP contribution in [0.5, 0.6) is 5.75 Å². The molecule has 2 fully saturated rings. The van der Waals surface area contributed by atoms with Gasteiger partial charge in [-0.3, -0.25) is 9.89 Å². The first-order valence-electron chi connectivity index (χ1n) is 10.8. The highest BCUT2D eigenvalue weighted by Gasteiger charge is 2.27. The molecule has 2 aliphatic heterocycles. The van der Waals surface area contributed by atoms with Crippen molar-refractivity contribution in [2.75, 3.05) is 59.2 Å². The van der Waals surface area contributed by atoms with Gasteiger partial charge < -0.3 is 15.4 Å². The van der Waals surface area contributed by atoms with Crippen LogP contribution in [0.15, 0.2) is 29.3 Å². The lowest BCUT2D eigenvalue weighted by molar-refractivity contribution is 0.164. The number of sulfonamides is 1. The Morgan fingerprint density at radius 1 is 1.10 bits per heavy atom. The molecule has 1 aromatic rings. The summed E-state index contributed by atoms with van der Waals surface area (Å²) in [4.78, 5) is 6.84. The van der Waals surface area contributed by atoms with Crippen molar-refractivity contribution in [3.05, 3.63) is 29.8 Å². The number of rotatable bonds is 8. The summed E-state index contributed by atoms with van der Waals surface area (Å²) in [6.07, 6.45) is 4.46. The lowest BCUT2D eigenvalue weighted by atomic mass is 10.0. The van der Waals surface area contributed by atoms with Crippen molar-refractivity contribution < 1.29 is 13.2 Å². The lowest BCUT2D eigenvalue weighted by Crippen LogP contribution is -2.46. The number of aliphatic imine (C=N–C) groups is 1. The number of nitrogens with one attached hydrogen (secondary N) is 2. The summed E-state index contributed by atoms with van der Waals surface area (Å²) >= 11 is 0. The first-order chi connectivity index (χ1) is 14.5. The zero-order chi connectivity index (χ0) is 21.4. The molecule has 2 aliphatic rings. The molecule has 0 saturated carbocycles. The van der Waals surface area contributed by atoms with Crippen LogP contribution in [0, 0.1) is 0 Å². The van der Waals surface area contributed by atoms with E-state index in [0.29, 0.717) is 32.0 Å². The minimum atomic E-state index is -3.06. The van der Waals surface area contributed by atoms with Crippen molar-refractivity contribution in [1.82, 2.24) is 19.8 Å². The van der Waals surface area contributed by atoms with Gasteiger partial charge in [-0.2, -0.15) is 0 Å². The first kappa shape index (κ1) is 22.8. The van der Waals surface area contributed by atoms with Crippen molar-refractivity contribution in [3.8, 4) is 5.75 Å². The summed E-state index contributed by atoms with van der Waals surface area (Å²) in [5.41, 5.74) is 1.25. The van der Waals surface area contributed by atoms with Crippen LogP contribution in [0.4, 0.5) is 0 Å². The van der Waals surface area contributed by atoms with Gasteiger partial charge in [0, 0.05) is 33.2 Å². The molecular weight excluding hydrogens is 402 g/mol. The molecular formula is C21H35N5O3S. The number of benzene rings is 1. The average Bonchev–Trinajstić information content (AvgIpc) is 3.11. The smallest absolute Gasteiger partial charge is 0.214 e. The van der Waals surface area contributed by atoms with Crippen LogP contribution in [0.2, 0.25) is 0 Å². The number of hydrogen-bond donors (Lipinski definition) is 2. The van der Waals surface area contributed by atoms with Crippen molar-refractivity contribution >= 4 is 16.0 Å². The van der Waals surface area contributed by atoms with E-state index >= 15 is 0 Å². The summed E-state index contributed by atoms with van der Waals surface area (Å²) in [6.45, 7) is 4.54. The Balaban J connectivity index is 1.57. The van der Waals surface area contributed by atoms with E-state index in [1.165, 1.54) is 24.8 Å². The fourth-order valence-electron chi connectivity index (χ4n) is 4.17. The van der Waals surface area contributed by atoms with Crippen LogP contribution in [0.1, 0.15) is 37.3 Å². The molecule has 9 heteroatoms. The summed E-state index contributed by atoms with van der Waals surface area (Å²) in [5, 5.41) is 6.69. The van der Waals surface area contributed by atoms with E-state index in [9.17, 15) is 8.42 Å². The van der Waals surface area contributed by atoms with Crippen LogP contribution >= 0.6 is 0 Å². The standard InChI is InChI=1S/C21H35N5O3S/c1-22-21(23-11-15-26-14-6-16-30(26,27)28)24-17-20(25-12-4-3-5-13-25)18-7-9-19(29-2)10-8-18/h7-10,20H,3-6,11-17H2,1-2H3,(H2,22,23,24). The molecule has 0 spiro atoms.